The van der Waals surface area contributed by atoms with Crippen LogP contribution in [0.5, 0.6) is 0 Å². The Kier molecular flexibility index (Phi) is 6.12. The summed E-state index contributed by atoms with van der Waals surface area (Å²) in [6.45, 7) is 6.05. The molecule has 0 aromatic carbocycles. The Morgan fingerprint density at radius 3 is 2.63 bits per heavy atom. The van der Waals surface area contributed by atoms with Crippen molar-refractivity contribution < 1.29 is 14.0 Å². The summed E-state index contributed by atoms with van der Waals surface area (Å²) in [7, 11) is 0. The van der Waals surface area contributed by atoms with E-state index < -0.39 is 6.04 Å². The molecule has 1 rings (SSSR count). The average Bonchev–Trinajstić information content (AvgIpc) is 2.94. The number of carbonyl (C=O) groups is 2. The molecule has 106 valence electrons. The molecule has 2 N–H and O–H groups in total. The summed E-state index contributed by atoms with van der Waals surface area (Å²) in [5.41, 5.74) is 0. The molecule has 0 saturated carbocycles. The summed E-state index contributed by atoms with van der Waals surface area (Å²) in [6, 6.07) is 3.07. The van der Waals surface area contributed by atoms with E-state index >= 15 is 0 Å². The largest absolute Gasteiger partial charge is 0.467 e. The van der Waals surface area contributed by atoms with Crippen LogP contribution in [-0.4, -0.2) is 17.9 Å². The van der Waals surface area contributed by atoms with Gasteiger partial charge in [-0.25, -0.2) is 0 Å². The molecule has 0 aliphatic carbocycles. The first kappa shape index (κ1) is 15.3. The van der Waals surface area contributed by atoms with Crippen LogP contribution in [0.1, 0.15) is 39.4 Å². The maximum atomic E-state index is 12.1. The van der Waals surface area contributed by atoms with E-state index in [4.69, 9.17) is 4.42 Å². The smallest absolute Gasteiger partial charge is 0.243 e. The van der Waals surface area contributed by atoms with Gasteiger partial charge < -0.3 is 15.1 Å². The minimum Gasteiger partial charge on any atom is -0.467 e. The Balaban J connectivity index is 2.57. The average molecular weight is 266 g/mol. The molecule has 0 aliphatic rings. The molecule has 1 aromatic heterocycles. The maximum absolute atomic E-state index is 12.1. The molecule has 0 radical (unpaired) electrons. The summed E-state index contributed by atoms with van der Waals surface area (Å²) in [6.07, 6.45) is 2.76. The predicted octanol–water partition coefficient (Wildman–Crippen LogP) is 1.84. The first-order chi connectivity index (χ1) is 9.08. The van der Waals surface area contributed by atoms with E-state index in [0.29, 0.717) is 18.7 Å². The molecule has 0 fully saturated rings. The van der Waals surface area contributed by atoms with Crippen LogP contribution in [0.3, 0.4) is 0 Å². The highest BCUT2D eigenvalue weighted by atomic mass is 16.3. The topological polar surface area (TPSA) is 71.3 Å². The van der Waals surface area contributed by atoms with Crippen molar-refractivity contribution in [2.24, 2.45) is 5.92 Å². The molecule has 2 atom stereocenters. The van der Waals surface area contributed by atoms with Crippen LogP contribution in [-0.2, 0) is 16.1 Å². The number of hydrogen-bond donors (Lipinski definition) is 2. The Hall–Kier alpha value is -1.78. The number of rotatable bonds is 7. The van der Waals surface area contributed by atoms with Gasteiger partial charge in [0.05, 0.1) is 12.8 Å². The van der Waals surface area contributed by atoms with Gasteiger partial charge in [-0.1, -0.05) is 27.2 Å². The van der Waals surface area contributed by atoms with Gasteiger partial charge in [0.15, 0.2) is 0 Å². The fourth-order valence-electron chi connectivity index (χ4n) is 1.67. The molecular weight excluding hydrogens is 244 g/mol. The van der Waals surface area contributed by atoms with Crippen LogP contribution >= 0.6 is 0 Å². The normalized spacial score (nSPS) is 13.6. The minimum atomic E-state index is -0.493. The van der Waals surface area contributed by atoms with Gasteiger partial charge in [-0.3, -0.25) is 9.59 Å². The van der Waals surface area contributed by atoms with Gasteiger partial charge in [-0.05, 0) is 18.1 Å². The molecule has 0 saturated heterocycles. The van der Waals surface area contributed by atoms with E-state index in [1.54, 1.807) is 25.3 Å². The quantitative estimate of drug-likeness (QED) is 0.791. The van der Waals surface area contributed by atoms with Crippen LogP contribution < -0.4 is 10.6 Å². The fraction of sp³-hybridized carbons (Fsp3) is 0.571. The van der Waals surface area contributed by atoms with Crippen molar-refractivity contribution in [2.45, 2.75) is 46.2 Å². The SMILES string of the molecule is CCC(=O)NC(C(=O)NCc1ccco1)C(C)CC. The zero-order valence-corrected chi connectivity index (χ0v) is 11.7. The third-order valence-electron chi connectivity index (χ3n) is 3.15. The van der Waals surface area contributed by atoms with E-state index in [0.717, 1.165) is 6.42 Å². The first-order valence-electron chi connectivity index (χ1n) is 6.67. The lowest BCUT2D eigenvalue weighted by atomic mass is 9.98. The van der Waals surface area contributed by atoms with Crippen LogP contribution in [0.2, 0.25) is 0 Å². The van der Waals surface area contributed by atoms with Gasteiger partial charge in [0, 0.05) is 6.42 Å². The first-order valence-corrected chi connectivity index (χ1v) is 6.67. The van der Waals surface area contributed by atoms with Crippen LogP contribution in [0.4, 0.5) is 0 Å². The minimum absolute atomic E-state index is 0.0899. The molecule has 5 heteroatoms. The van der Waals surface area contributed by atoms with Crippen LogP contribution in [0.25, 0.3) is 0 Å². The number of nitrogens with one attached hydrogen (secondary N) is 2. The lowest BCUT2D eigenvalue weighted by Gasteiger charge is -2.23. The van der Waals surface area contributed by atoms with Crippen LogP contribution in [0, 0.1) is 5.92 Å². The lowest BCUT2D eigenvalue weighted by molar-refractivity contribution is -0.130. The Bertz CT molecular complexity index is 401. The molecule has 1 heterocycles. The Labute approximate surface area is 113 Å². The highest BCUT2D eigenvalue weighted by molar-refractivity contribution is 5.87. The molecule has 19 heavy (non-hydrogen) atoms. The summed E-state index contributed by atoms with van der Waals surface area (Å²) in [4.78, 5) is 23.6. The molecule has 2 unspecified atom stereocenters. The molecule has 5 nitrogen and oxygen atoms in total. The zero-order chi connectivity index (χ0) is 14.3. The molecule has 1 aromatic rings. The van der Waals surface area contributed by atoms with E-state index in [1.165, 1.54) is 0 Å². The van der Waals surface area contributed by atoms with Crippen molar-refractivity contribution in [2.75, 3.05) is 0 Å². The molecule has 0 aliphatic heterocycles. The van der Waals surface area contributed by atoms with Gasteiger partial charge in [0.25, 0.3) is 0 Å². The zero-order valence-electron chi connectivity index (χ0n) is 11.7. The van der Waals surface area contributed by atoms with Gasteiger partial charge in [0.1, 0.15) is 11.8 Å². The Morgan fingerprint density at radius 2 is 2.11 bits per heavy atom. The molecule has 2 amide bonds. The van der Waals surface area contributed by atoms with Gasteiger partial charge in [-0.2, -0.15) is 0 Å². The second-order valence-electron chi connectivity index (χ2n) is 4.58. The summed E-state index contributed by atoms with van der Waals surface area (Å²) < 4.78 is 5.15. The number of hydrogen-bond acceptors (Lipinski definition) is 3. The molecular formula is C14H22N2O3. The number of amides is 2. The van der Waals surface area contributed by atoms with Crippen LogP contribution in [0.15, 0.2) is 22.8 Å². The third kappa shape index (κ3) is 4.77. The van der Waals surface area contributed by atoms with Crippen molar-refractivity contribution in [1.82, 2.24) is 10.6 Å². The van der Waals surface area contributed by atoms with Crippen molar-refractivity contribution in [3.8, 4) is 0 Å². The fourth-order valence-corrected chi connectivity index (χ4v) is 1.67. The number of furan rings is 1. The lowest BCUT2D eigenvalue weighted by Crippen LogP contribution is -2.49. The highest BCUT2D eigenvalue weighted by Gasteiger charge is 2.25. The monoisotopic (exact) mass is 266 g/mol. The van der Waals surface area contributed by atoms with Crippen molar-refractivity contribution >= 4 is 11.8 Å². The summed E-state index contributed by atoms with van der Waals surface area (Å²) >= 11 is 0. The highest BCUT2D eigenvalue weighted by Crippen LogP contribution is 2.09. The predicted molar refractivity (Wildman–Crippen MR) is 72.2 cm³/mol. The van der Waals surface area contributed by atoms with Crippen molar-refractivity contribution in [1.29, 1.82) is 0 Å². The second kappa shape index (κ2) is 7.61. The van der Waals surface area contributed by atoms with E-state index in [1.807, 2.05) is 13.8 Å². The van der Waals surface area contributed by atoms with Gasteiger partial charge >= 0.3 is 0 Å². The molecule has 0 bridgehead atoms. The van der Waals surface area contributed by atoms with E-state index in [9.17, 15) is 9.59 Å². The second-order valence-corrected chi connectivity index (χ2v) is 4.58. The third-order valence-corrected chi connectivity index (χ3v) is 3.15. The van der Waals surface area contributed by atoms with Gasteiger partial charge in [-0.15, -0.1) is 0 Å². The Morgan fingerprint density at radius 1 is 1.37 bits per heavy atom. The standard InChI is InChI=1S/C14H22N2O3/c1-4-10(3)13(16-12(17)5-2)14(18)15-9-11-7-6-8-19-11/h6-8,10,13H,4-5,9H2,1-3H3,(H,15,18)(H,16,17). The van der Waals surface area contributed by atoms with Crippen molar-refractivity contribution in [3.63, 3.8) is 0 Å². The summed E-state index contributed by atoms with van der Waals surface area (Å²) in [5.74, 6) is 0.496. The van der Waals surface area contributed by atoms with Crippen molar-refractivity contribution in [3.05, 3.63) is 24.2 Å². The van der Waals surface area contributed by atoms with E-state index in [-0.39, 0.29) is 17.7 Å². The summed E-state index contributed by atoms with van der Waals surface area (Å²) in [5, 5.41) is 5.55. The van der Waals surface area contributed by atoms with E-state index in [2.05, 4.69) is 10.6 Å². The maximum Gasteiger partial charge on any atom is 0.243 e. The van der Waals surface area contributed by atoms with Gasteiger partial charge in [0.2, 0.25) is 11.8 Å². The molecule has 0 spiro atoms. The number of carbonyl (C=O) groups excluding carboxylic acids is 2.